The zero-order valence-corrected chi connectivity index (χ0v) is 16.3. The topological polar surface area (TPSA) is 55.1 Å². The van der Waals surface area contributed by atoms with Crippen molar-refractivity contribution in [1.82, 2.24) is 9.55 Å². The molecular weight excluding hydrogens is 372 g/mol. The highest BCUT2D eigenvalue weighted by molar-refractivity contribution is 6.30. The summed E-state index contributed by atoms with van der Waals surface area (Å²) in [4.78, 5) is 16.7. The van der Waals surface area contributed by atoms with Gasteiger partial charge in [0.1, 0.15) is 6.10 Å². The van der Waals surface area contributed by atoms with Gasteiger partial charge in [0.25, 0.3) is 5.56 Å². The molecule has 140 valence electrons. The van der Waals surface area contributed by atoms with E-state index < -0.39 is 6.10 Å². The van der Waals surface area contributed by atoms with Crippen LogP contribution in [0.4, 0.5) is 0 Å². The van der Waals surface area contributed by atoms with E-state index in [1.54, 1.807) is 42.2 Å². The summed E-state index contributed by atoms with van der Waals surface area (Å²) in [5.74, 6) is 0. The lowest BCUT2D eigenvalue weighted by atomic mass is 9.96. The van der Waals surface area contributed by atoms with Gasteiger partial charge < -0.3 is 9.67 Å². The summed E-state index contributed by atoms with van der Waals surface area (Å²) in [6.45, 7) is 1.97. The Labute approximate surface area is 167 Å². The summed E-state index contributed by atoms with van der Waals surface area (Å²) in [6, 6.07) is 16.4. The molecule has 28 heavy (non-hydrogen) atoms. The van der Waals surface area contributed by atoms with Crippen molar-refractivity contribution in [2.24, 2.45) is 7.05 Å². The lowest BCUT2D eigenvalue weighted by Crippen LogP contribution is -2.16. The number of pyridine rings is 2. The minimum absolute atomic E-state index is 0.0880. The number of halogens is 1. The summed E-state index contributed by atoms with van der Waals surface area (Å²) in [6.07, 6.45) is 2.74. The summed E-state index contributed by atoms with van der Waals surface area (Å²) in [5, 5.41) is 12.4. The third-order valence-electron chi connectivity index (χ3n) is 4.96. The molecule has 0 aliphatic heterocycles. The number of aliphatic hydroxyl groups excluding tert-OH is 1. The second-order valence-electron chi connectivity index (χ2n) is 6.94. The fraction of sp³-hybridized carbons (Fsp3) is 0.130. The van der Waals surface area contributed by atoms with Gasteiger partial charge in [0.2, 0.25) is 0 Å². The van der Waals surface area contributed by atoms with Crippen LogP contribution in [-0.4, -0.2) is 14.7 Å². The van der Waals surface area contributed by atoms with Crippen LogP contribution in [0, 0.1) is 6.92 Å². The second kappa shape index (κ2) is 7.23. The first-order valence-electron chi connectivity index (χ1n) is 8.93. The maximum Gasteiger partial charge on any atom is 0.251 e. The normalized spacial score (nSPS) is 12.3. The largest absolute Gasteiger partial charge is 0.384 e. The van der Waals surface area contributed by atoms with E-state index in [1.807, 2.05) is 43.3 Å². The highest BCUT2D eigenvalue weighted by atomic mass is 35.5. The Morgan fingerprint density at radius 2 is 1.71 bits per heavy atom. The number of hydrogen-bond acceptors (Lipinski definition) is 3. The zero-order valence-electron chi connectivity index (χ0n) is 15.6. The molecule has 2 aromatic carbocycles. The number of fused-ring (bicyclic) bond motifs is 1. The quantitative estimate of drug-likeness (QED) is 0.554. The second-order valence-corrected chi connectivity index (χ2v) is 7.37. The van der Waals surface area contributed by atoms with E-state index in [-0.39, 0.29) is 5.56 Å². The monoisotopic (exact) mass is 390 g/mol. The van der Waals surface area contributed by atoms with Crippen molar-refractivity contribution in [1.29, 1.82) is 0 Å². The molecule has 0 fully saturated rings. The Hall–Kier alpha value is -2.95. The van der Waals surface area contributed by atoms with E-state index in [9.17, 15) is 9.90 Å². The Kier molecular flexibility index (Phi) is 4.75. The maximum absolute atomic E-state index is 12.5. The van der Waals surface area contributed by atoms with Crippen molar-refractivity contribution >= 4 is 22.5 Å². The van der Waals surface area contributed by atoms with Crippen molar-refractivity contribution in [2.45, 2.75) is 13.0 Å². The molecule has 0 radical (unpaired) electrons. The van der Waals surface area contributed by atoms with E-state index in [4.69, 9.17) is 11.6 Å². The zero-order chi connectivity index (χ0) is 19.8. The standard InChI is InChI=1S/C23H19ClN2O2/c1-14-9-17(13-25-12-14)19-11-22(27)26(2)21-8-5-16(10-20(19)21)23(28)15-3-6-18(24)7-4-15/h3-13,23,28H,1-2H3. The molecular formula is C23H19ClN2O2. The third kappa shape index (κ3) is 3.33. The number of aliphatic hydroxyl groups is 1. The molecule has 4 nitrogen and oxygen atoms in total. The van der Waals surface area contributed by atoms with E-state index in [1.165, 1.54) is 0 Å². The first-order chi connectivity index (χ1) is 13.4. The van der Waals surface area contributed by atoms with Gasteiger partial charge in [0, 0.05) is 41.5 Å². The van der Waals surface area contributed by atoms with Crippen LogP contribution in [0.15, 0.2) is 71.8 Å². The van der Waals surface area contributed by atoms with Gasteiger partial charge in [-0.2, -0.15) is 0 Å². The van der Waals surface area contributed by atoms with Gasteiger partial charge in [-0.3, -0.25) is 9.78 Å². The van der Waals surface area contributed by atoms with E-state index >= 15 is 0 Å². The minimum Gasteiger partial charge on any atom is -0.384 e. The number of nitrogens with zero attached hydrogens (tertiary/aromatic N) is 2. The SMILES string of the molecule is Cc1cncc(-c2cc(=O)n(C)c3ccc(C(O)c4ccc(Cl)cc4)cc23)c1. The van der Waals surface area contributed by atoms with E-state index in [2.05, 4.69) is 4.98 Å². The molecule has 2 heterocycles. The smallest absolute Gasteiger partial charge is 0.251 e. The highest BCUT2D eigenvalue weighted by Crippen LogP contribution is 2.31. The summed E-state index contributed by atoms with van der Waals surface area (Å²) in [5.41, 5.74) is 4.91. The minimum atomic E-state index is -0.789. The van der Waals surface area contributed by atoms with E-state index in [0.29, 0.717) is 5.02 Å². The molecule has 4 rings (SSSR count). The van der Waals surface area contributed by atoms with Gasteiger partial charge in [-0.15, -0.1) is 0 Å². The van der Waals surface area contributed by atoms with Crippen LogP contribution in [0.5, 0.6) is 0 Å². The van der Waals surface area contributed by atoms with Crippen LogP contribution < -0.4 is 5.56 Å². The Balaban J connectivity index is 1.92. The fourth-order valence-electron chi connectivity index (χ4n) is 3.43. The van der Waals surface area contributed by atoms with Crippen molar-refractivity contribution < 1.29 is 5.11 Å². The van der Waals surface area contributed by atoms with Crippen LogP contribution in [0.25, 0.3) is 22.0 Å². The molecule has 0 saturated heterocycles. The lowest BCUT2D eigenvalue weighted by molar-refractivity contribution is 0.220. The highest BCUT2D eigenvalue weighted by Gasteiger charge is 2.15. The van der Waals surface area contributed by atoms with Gasteiger partial charge in [-0.05, 0) is 59.5 Å². The summed E-state index contributed by atoms with van der Waals surface area (Å²) < 4.78 is 1.61. The van der Waals surface area contributed by atoms with Gasteiger partial charge >= 0.3 is 0 Å². The first kappa shape index (κ1) is 18.4. The maximum atomic E-state index is 12.5. The van der Waals surface area contributed by atoms with Crippen LogP contribution >= 0.6 is 11.6 Å². The van der Waals surface area contributed by atoms with E-state index in [0.717, 1.165) is 38.7 Å². The molecule has 2 aromatic heterocycles. The molecule has 0 spiro atoms. The number of aromatic nitrogens is 2. The van der Waals surface area contributed by atoms with Crippen LogP contribution in [0.3, 0.4) is 0 Å². The van der Waals surface area contributed by atoms with Crippen molar-refractivity contribution in [2.75, 3.05) is 0 Å². The number of rotatable bonds is 3. The average Bonchev–Trinajstić information content (AvgIpc) is 2.70. The number of aryl methyl sites for hydroxylation is 2. The molecule has 0 aliphatic rings. The summed E-state index contributed by atoms with van der Waals surface area (Å²) >= 11 is 5.95. The molecule has 0 aliphatic carbocycles. The molecule has 5 heteroatoms. The number of hydrogen-bond donors (Lipinski definition) is 1. The van der Waals surface area contributed by atoms with Crippen LogP contribution in [0.2, 0.25) is 5.02 Å². The van der Waals surface area contributed by atoms with Gasteiger partial charge in [0.15, 0.2) is 0 Å². The average molecular weight is 391 g/mol. The van der Waals surface area contributed by atoms with Crippen LogP contribution in [0.1, 0.15) is 22.8 Å². The van der Waals surface area contributed by atoms with Gasteiger partial charge in [-0.1, -0.05) is 29.8 Å². The van der Waals surface area contributed by atoms with Crippen molar-refractivity contribution in [3.63, 3.8) is 0 Å². The first-order valence-corrected chi connectivity index (χ1v) is 9.31. The van der Waals surface area contributed by atoms with Crippen molar-refractivity contribution in [3.8, 4) is 11.1 Å². The molecule has 0 bridgehead atoms. The van der Waals surface area contributed by atoms with Gasteiger partial charge in [0.05, 0.1) is 5.52 Å². The summed E-state index contributed by atoms with van der Waals surface area (Å²) in [7, 11) is 1.75. The molecule has 1 unspecified atom stereocenters. The lowest BCUT2D eigenvalue weighted by Gasteiger charge is -2.16. The predicted molar refractivity (Wildman–Crippen MR) is 113 cm³/mol. The Bertz CT molecular complexity index is 1230. The molecule has 0 saturated carbocycles. The molecule has 0 amide bonds. The Morgan fingerprint density at radius 3 is 2.43 bits per heavy atom. The molecule has 4 aromatic rings. The molecule has 1 atom stereocenters. The predicted octanol–water partition coefficient (Wildman–Crippen LogP) is 4.64. The van der Waals surface area contributed by atoms with Crippen molar-refractivity contribution in [3.05, 3.63) is 99.1 Å². The fourth-order valence-corrected chi connectivity index (χ4v) is 3.55. The number of benzene rings is 2. The van der Waals surface area contributed by atoms with Crippen LogP contribution in [-0.2, 0) is 7.05 Å². The molecule has 1 N–H and O–H groups in total. The Morgan fingerprint density at radius 1 is 1.00 bits per heavy atom. The van der Waals surface area contributed by atoms with Gasteiger partial charge in [-0.25, -0.2) is 0 Å². The third-order valence-corrected chi connectivity index (χ3v) is 5.21.